The van der Waals surface area contributed by atoms with E-state index in [0.717, 1.165) is 14.2 Å². The Labute approximate surface area is 191 Å². The number of carbonyl (C=O) groups excluding carboxylic acids is 2. The van der Waals surface area contributed by atoms with E-state index >= 15 is 0 Å². The van der Waals surface area contributed by atoms with Crippen LogP contribution in [0.15, 0.2) is 36.4 Å². The van der Waals surface area contributed by atoms with Gasteiger partial charge in [0.05, 0.1) is 30.9 Å². The van der Waals surface area contributed by atoms with Gasteiger partial charge in [-0.2, -0.15) is 26.3 Å². The molecule has 34 heavy (non-hydrogen) atoms. The van der Waals surface area contributed by atoms with Crippen LogP contribution in [0.2, 0.25) is 0 Å². The summed E-state index contributed by atoms with van der Waals surface area (Å²) >= 11 is 0. The molecule has 0 N–H and O–H groups in total. The van der Waals surface area contributed by atoms with Gasteiger partial charge in [-0.05, 0) is 30.2 Å². The SMILES string of the molecule is COc1cccc(OC)c1C(=O)P(=O)(CC(C)C)C(=O)c1c(C(F)(F)F)cccc1C(F)(F)F. The summed E-state index contributed by atoms with van der Waals surface area (Å²) in [6.45, 7) is 2.85. The van der Waals surface area contributed by atoms with Crippen molar-refractivity contribution in [3.63, 3.8) is 0 Å². The predicted octanol–water partition coefficient (Wildman–Crippen LogP) is 6.74. The van der Waals surface area contributed by atoms with Crippen LogP contribution < -0.4 is 9.47 Å². The molecule has 1 atom stereocenters. The van der Waals surface area contributed by atoms with Gasteiger partial charge < -0.3 is 14.0 Å². The van der Waals surface area contributed by atoms with Crippen molar-refractivity contribution < 1.29 is 50.0 Å². The number of benzene rings is 2. The van der Waals surface area contributed by atoms with Crippen LogP contribution in [0.25, 0.3) is 0 Å². The van der Waals surface area contributed by atoms with E-state index in [-0.39, 0.29) is 23.6 Å². The minimum absolute atomic E-state index is 0.207. The number of hydrogen-bond donors (Lipinski definition) is 0. The minimum atomic E-state index is -5.39. The van der Waals surface area contributed by atoms with Gasteiger partial charge in [-0.3, -0.25) is 9.59 Å². The largest absolute Gasteiger partial charge is 0.496 e. The van der Waals surface area contributed by atoms with E-state index in [1.54, 1.807) is 0 Å². The lowest BCUT2D eigenvalue weighted by Gasteiger charge is -2.24. The van der Waals surface area contributed by atoms with Crippen molar-refractivity contribution in [1.29, 1.82) is 0 Å². The lowest BCUT2D eigenvalue weighted by molar-refractivity contribution is -0.143. The molecule has 0 aliphatic heterocycles. The summed E-state index contributed by atoms with van der Waals surface area (Å²) in [6, 6.07) is 4.94. The molecule has 0 bridgehead atoms. The van der Waals surface area contributed by atoms with Gasteiger partial charge in [0.25, 0.3) is 0 Å². The molecule has 0 saturated carbocycles. The second-order valence-corrected chi connectivity index (χ2v) is 10.3. The van der Waals surface area contributed by atoms with E-state index < -0.39 is 64.9 Å². The van der Waals surface area contributed by atoms with Crippen LogP contribution in [-0.2, 0) is 16.9 Å². The lowest BCUT2D eigenvalue weighted by Crippen LogP contribution is -2.24. The first-order valence-corrected chi connectivity index (χ1v) is 11.7. The molecule has 0 aromatic heterocycles. The molecule has 12 heteroatoms. The molecule has 0 radical (unpaired) electrons. The maximum atomic E-state index is 14.0. The molecule has 2 rings (SSSR count). The summed E-state index contributed by atoms with van der Waals surface area (Å²) in [6.07, 6.45) is -11.5. The third-order valence-electron chi connectivity index (χ3n) is 4.81. The molecule has 0 aliphatic rings. The Morgan fingerprint density at radius 3 is 1.53 bits per heavy atom. The van der Waals surface area contributed by atoms with Crippen LogP contribution in [0, 0.1) is 5.92 Å². The fraction of sp³-hybridized carbons (Fsp3) is 0.364. The maximum absolute atomic E-state index is 14.0. The van der Waals surface area contributed by atoms with Crippen molar-refractivity contribution >= 4 is 18.2 Å². The Bertz CT molecular complexity index is 1080. The van der Waals surface area contributed by atoms with Gasteiger partial charge >= 0.3 is 12.4 Å². The van der Waals surface area contributed by atoms with Crippen LogP contribution in [0.3, 0.4) is 0 Å². The standard InChI is InChI=1S/C22H21F6O5P/c1-12(2)11-34(31,20(30)18-15(32-3)9-6-10-16(18)33-4)19(29)17-13(21(23,24)25)7-5-8-14(17)22(26,27)28/h5-10,12H,11H2,1-4H3. The number of alkyl halides is 6. The van der Waals surface area contributed by atoms with E-state index in [9.17, 15) is 40.5 Å². The number of hydrogen-bond acceptors (Lipinski definition) is 5. The number of rotatable bonds is 8. The van der Waals surface area contributed by atoms with Gasteiger partial charge in [0.1, 0.15) is 17.1 Å². The fourth-order valence-corrected chi connectivity index (χ4v) is 6.18. The molecule has 0 heterocycles. The Kier molecular flexibility index (Phi) is 7.92. The zero-order valence-corrected chi connectivity index (χ0v) is 19.4. The molecule has 0 spiro atoms. The van der Waals surface area contributed by atoms with Gasteiger partial charge in [-0.1, -0.05) is 26.0 Å². The van der Waals surface area contributed by atoms with Crippen LogP contribution in [-0.4, -0.2) is 31.4 Å². The Balaban J connectivity index is 2.92. The van der Waals surface area contributed by atoms with E-state index in [1.165, 1.54) is 32.0 Å². The van der Waals surface area contributed by atoms with Gasteiger partial charge in [0.15, 0.2) is 0 Å². The second kappa shape index (κ2) is 9.82. The van der Waals surface area contributed by atoms with Gasteiger partial charge in [-0.25, -0.2) is 0 Å². The second-order valence-electron chi connectivity index (χ2n) is 7.69. The average Bonchev–Trinajstić information content (AvgIpc) is 2.75. The number of carbonyl (C=O) groups is 2. The van der Waals surface area contributed by atoms with E-state index in [4.69, 9.17) is 9.47 Å². The summed E-state index contributed by atoms with van der Waals surface area (Å²) in [5.74, 6) is -1.12. The van der Waals surface area contributed by atoms with E-state index in [1.807, 2.05) is 0 Å². The van der Waals surface area contributed by atoms with Crippen molar-refractivity contribution in [2.45, 2.75) is 26.2 Å². The van der Waals surface area contributed by atoms with Crippen LogP contribution >= 0.6 is 7.14 Å². The summed E-state index contributed by atoms with van der Waals surface area (Å²) in [5.41, 5.74) is -9.71. The summed E-state index contributed by atoms with van der Waals surface area (Å²) in [5, 5.41) is 0. The quantitative estimate of drug-likeness (QED) is 0.291. The van der Waals surface area contributed by atoms with Crippen molar-refractivity contribution in [1.82, 2.24) is 0 Å². The lowest BCUT2D eigenvalue weighted by atomic mass is 10.0. The monoisotopic (exact) mass is 510 g/mol. The highest BCUT2D eigenvalue weighted by Gasteiger charge is 2.50. The van der Waals surface area contributed by atoms with Crippen LogP contribution in [0.1, 0.15) is 45.7 Å². The van der Waals surface area contributed by atoms with Crippen molar-refractivity contribution in [3.05, 3.63) is 58.7 Å². The summed E-state index contributed by atoms with van der Waals surface area (Å²) < 4.78 is 106. The van der Waals surface area contributed by atoms with Crippen LogP contribution in [0.5, 0.6) is 11.5 Å². The zero-order valence-electron chi connectivity index (χ0n) is 18.5. The highest BCUT2D eigenvalue weighted by molar-refractivity contribution is 7.95. The minimum Gasteiger partial charge on any atom is -0.496 e. The highest BCUT2D eigenvalue weighted by atomic mass is 31.2. The molecule has 5 nitrogen and oxygen atoms in total. The first-order valence-electron chi connectivity index (χ1n) is 9.76. The third kappa shape index (κ3) is 5.29. The van der Waals surface area contributed by atoms with E-state index in [0.29, 0.717) is 6.07 Å². The molecular formula is C22H21F6O5P. The van der Waals surface area contributed by atoms with Crippen molar-refractivity contribution in [2.24, 2.45) is 5.92 Å². The molecule has 0 amide bonds. The first kappa shape index (κ1) is 27.4. The van der Waals surface area contributed by atoms with Crippen LogP contribution in [0.4, 0.5) is 26.3 Å². The molecule has 186 valence electrons. The van der Waals surface area contributed by atoms with Gasteiger partial charge in [0, 0.05) is 6.16 Å². The van der Waals surface area contributed by atoms with Crippen molar-refractivity contribution in [3.8, 4) is 11.5 Å². The number of ether oxygens (including phenoxy) is 2. The molecule has 0 aliphatic carbocycles. The highest BCUT2D eigenvalue weighted by Crippen LogP contribution is 2.57. The van der Waals surface area contributed by atoms with Gasteiger partial charge in [-0.15, -0.1) is 0 Å². The first-order chi connectivity index (χ1) is 15.6. The summed E-state index contributed by atoms with van der Waals surface area (Å²) in [4.78, 5) is 26.9. The Morgan fingerprint density at radius 1 is 0.794 bits per heavy atom. The average molecular weight is 510 g/mol. The fourth-order valence-electron chi connectivity index (χ4n) is 3.45. The number of methoxy groups -OCH3 is 2. The molecular weight excluding hydrogens is 489 g/mol. The van der Waals surface area contributed by atoms with Gasteiger partial charge in [0.2, 0.25) is 18.2 Å². The van der Waals surface area contributed by atoms with Crippen molar-refractivity contribution in [2.75, 3.05) is 20.4 Å². The number of halogens is 6. The topological polar surface area (TPSA) is 69.7 Å². The smallest absolute Gasteiger partial charge is 0.417 e. The molecule has 2 aromatic carbocycles. The maximum Gasteiger partial charge on any atom is 0.417 e. The Morgan fingerprint density at radius 2 is 1.18 bits per heavy atom. The predicted molar refractivity (Wildman–Crippen MR) is 112 cm³/mol. The molecule has 1 unspecified atom stereocenters. The molecule has 0 fully saturated rings. The third-order valence-corrected chi connectivity index (χ3v) is 7.81. The molecule has 2 aromatic rings. The van der Waals surface area contributed by atoms with E-state index in [2.05, 4.69) is 0 Å². The zero-order chi connectivity index (χ0) is 26.1. The Hall–Kier alpha value is -2.81. The molecule has 0 saturated heterocycles. The normalized spacial score (nSPS) is 14.0. The summed E-state index contributed by atoms with van der Waals surface area (Å²) in [7, 11) is -2.83.